The van der Waals surface area contributed by atoms with Gasteiger partial charge in [-0.25, -0.2) is 4.68 Å². The summed E-state index contributed by atoms with van der Waals surface area (Å²) in [7, 11) is 0. The van der Waals surface area contributed by atoms with Gasteiger partial charge in [0.25, 0.3) is 5.91 Å². The summed E-state index contributed by atoms with van der Waals surface area (Å²) in [5, 5.41) is 21.6. The van der Waals surface area contributed by atoms with E-state index in [0.717, 1.165) is 26.1 Å². The van der Waals surface area contributed by atoms with E-state index < -0.39 is 5.60 Å². The third kappa shape index (κ3) is 4.89. The minimum Gasteiger partial charge on any atom is -0.388 e. The number of hydrogen-bond donors (Lipinski definition) is 2. The van der Waals surface area contributed by atoms with Crippen LogP contribution in [0.2, 0.25) is 0 Å². The standard InChI is InChI=1S/C19H27N5O2/c1-2-10-20-18(25)17-14-24(22-21-17)15-19(26)8-11-23(12-9-19)13-16-6-4-3-5-7-16/h3-7,14,26H,2,8-13,15H2,1H3,(H,20,25). The number of hydrogen-bond acceptors (Lipinski definition) is 5. The molecular formula is C19H27N5O2. The second-order valence-electron chi connectivity index (χ2n) is 7.04. The first-order chi connectivity index (χ1) is 12.6. The predicted molar refractivity (Wildman–Crippen MR) is 98.5 cm³/mol. The maximum atomic E-state index is 11.9. The topological polar surface area (TPSA) is 83.3 Å². The highest BCUT2D eigenvalue weighted by molar-refractivity contribution is 5.91. The van der Waals surface area contributed by atoms with Gasteiger partial charge in [-0.3, -0.25) is 9.69 Å². The van der Waals surface area contributed by atoms with Gasteiger partial charge in [-0.2, -0.15) is 0 Å². The molecule has 2 heterocycles. The number of benzene rings is 1. The van der Waals surface area contributed by atoms with Crippen molar-refractivity contribution in [3.8, 4) is 0 Å². The number of nitrogens with one attached hydrogen (secondary N) is 1. The molecule has 26 heavy (non-hydrogen) atoms. The molecule has 1 aromatic carbocycles. The predicted octanol–water partition coefficient (Wildman–Crippen LogP) is 1.44. The van der Waals surface area contributed by atoms with Crippen molar-refractivity contribution in [1.29, 1.82) is 0 Å². The first kappa shape index (κ1) is 18.5. The molecule has 3 rings (SSSR count). The number of aromatic nitrogens is 3. The van der Waals surface area contributed by atoms with Gasteiger partial charge in [0, 0.05) is 26.2 Å². The quantitative estimate of drug-likeness (QED) is 0.784. The van der Waals surface area contributed by atoms with Crippen LogP contribution in [0, 0.1) is 0 Å². The zero-order valence-corrected chi connectivity index (χ0v) is 15.3. The highest BCUT2D eigenvalue weighted by Gasteiger charge is 2.33. The van der Waals surface area contributed by atoms with E-state index >= 15 is 0 Å². The number of carbonyl (C=O) groups is 1. The van der Waals surface area contributed by atoms with E-state index in [1.807, 2.05) is 13.0 Å². The molecule has 2 N–H and O–H groups in total. The highest BCUT2D eigenvalue weighted by atomic mass is 16.3. The zero-order chi connectivity index (χ0) is 18.4. The van der Waals surface area contributed by atoms with Gasteiger partial charge in [-0.1, -0.05) is 42.5 Å². The van der Waals surface area contributed by atoms with E-state index in [0.29, 0.717) is 31.6 Å². The lowest BCUT2D eigenvalue weighted by molar-refractivity contribution is -0.0383. The Labute approximate surface area is 154 Å². The summed E-state index contributed by atoms with van der Waals surface area (Å²) in [5.74, 6) is -0.220. The van der Waals surface area contributed by atoms with Crippen LogP contribution in [0.1, 0.15) is 42.2 Å². The number of aliphatic hydroxyl groups is 1. The zero-order valence-electron chi connectivity index (χ0n) is 15.3. The van der Waals surface area contributed by atoms with E-state index in [-0.39, 0.29) is 5.91 Å². The van der Waals surface area contributed by atoms with Crippen molar-refractivity contribution in [2.24, 2.45) is 0 Å². The fraction of sp³-hybridized carbons (Fsp3) is 0.526. The van der Waals surface area contributed by atoms with Crippen LogP contribution in [0.4, 0.5) is 0 Å². The average molecular weight is 357 g/mol. The van der Waals surface area contributed by atoms with Gasteiger partial charge >= 0.3 is 0 Å². The van der Waals surface area contributed by atoms with Gasteiger partial charge in [0.05, 0.1) is 18.3 Å². The van der Waals surface area contributed by atoms with Crippen molar-refractivity contribution < 1.29 is 9.90 Å². The Kier molecular flexibility index (Phi) is 6.00. The fourth-order valence-corrected chi connectivity index (χ4v) is 3.24. The molecule has 140 valence electrons. The van der Waals surface area contributed by atoms with Crippen LogP contribution >= 0.6 is 0 Å². The molecule has 7 heteroatoms. The van der Waals surface area contributed by atoms with Gasteiger partial charge in [0.15, 0.2) is 5.69 Å². The number of likely N-dealkylation sites (tertiary alicyclic amines) is 1. The Morgan fingerprint density at radius 1 is 1.27 bits per heavy atom. The van der Waals surface area contributed by atoms with Gasteiger partial charge in [0.1, 0.15) is 0 Å². The van der Waals surface area contributed by atoms with Crippen LogP contribution in [0.3, 0.4) is 0 Å². The van der Waals surface area contributed by atoms with E-state index in [1.165, 1.54) is 5.56 Å². The molecule has 1 fully saturated rings. The number of carbonyl (C=O) groups excluding carboxylic acids is 1. The van der Waals surface area contributed by atoms with Gasteiger partial charge < -0.3 is 10.4 Å². The van der Waals surface area contributed by atoms with E-state index in [2.05, 4.69) is 44.8 Å². The van der Waals surface area contributed by atoms with Crippen LogP contribution < -0.4 is 5.32 Å². The van der Waals surface area contributed by atoms with Crippen molar-refractivity contribution in [2.75, 3.05) is 19.6 Å². The molecule has 1 aliphatic rings. The monoisotopic (exact) mass is 357 g/mol. The highest BCUT2D eigenvalue weighted by Crippen LogP contribution is 2.25. The summed E-state index contributed by atoms with van der Waals surface area (Å²) in [4.78, 5) is 14.3. The summed E-state index contributed by atoms with van der Waals surface area (Å²) < 4.78 is 1.58. The Balaban J connectivity index is 1.51. The smallest absolute Gasteiger partial charge is 0.273 e. The van der Waals surface area contributed by atoms with Crippen molar-refractivity contribution >= 4 is 5.91 Å². The first-order valence-electron chi connectivity index (χ1n) is 9.25. The van der Waals surface area contributed by atoms with Crippen LogP contribution in [0.15, 0.2) is 36.5 Å². The minimum atomic E-state index is -0.807. The van der Waals surface area contributed by atoms with Gasteiger partial charge in [0.2, 0.25) is 0 Å². The molecule has 0 aliphatic carbocycles. The van der Waals surface area contributed by atoms with Crippen molar-refractivity contribution in [3.63, 3.8) is 0 Å². The molecule has 0 unspecified atom stereocenters. The Morgan fingerprint density at radius 3 is 2.69 bits per heavy atom. The maximum absolute atomic E-state index is 11.9. The Hall–Kier alpha value is -2.25. The summed E-state index contributed by atoms with van der Waals surface area (Å²) in [6, 6.07) is 10.4. The molecular weight excluding hydrogens is 330 g/mol. The van der Waals surface area contributed by atoms with Crippen molar-refractivity contribution in [3.05, 3.63) is 47.8 Å². The Bertz CT molecular complexity index is 708. The van der Waals surface area contributed by atoms with Crippen LogP contribution in [0.5, 0.6) is 0 Å². The van der Waals surface area contributed by atoms with Crippen LogP contribution in [0.25, 0.3) is 0 Å². The fourth-order valence-electron chi connectivity index (χ4n) is 3.24. The molecule has 1 amide bonds. The molecule has 1 aromatic heterocycles. The van der Waals surface area contributed by atoms with Crippen LogP contribution in [-0.2, 0) is 13.1 Å². The largest absolute Gasteiger partial charge is 0.388 e. The van der Waals surface area contributed by atoms with Crippen LogP contribution in [-0.4, -0.2) is 56.1 Å². The number of nitrogens with zero attached hydrogens (tertiary/aromatic N) is 4. The molecule has 0 radical (unpaired) electrons. The normalized spacial score (nSPS) is 17.2. The SMILES string of the molecule is CCCNC(=O)c1cn(CC2(O)CCN(Cc3ccccc3)CC2)nn1. The van der Waals surface area contributed by atoms with Crippen molar-refractivity contribution in [2.45, 2.75) is 44.9 Å². The molecule has 1 saturated heterocycles. The first-order valence-corrected chi connectivity index (χ1v) is 9.25. The average Bonchev–Trinajstić information content (AvgIpc) is 3.11. The Morgan fingerprint density at radius 2 is 2.00 bits per heavy atom. The molecule has 7 nitrogen and oxygen atoms in total. The molecule has 0 atom stereocenters. The lowest BCUT2D eigenvalue weighted by Gasteiger charge is -2.38. The second-order valence-corrected chi connectivity index (χ2v) is 7.04. The van der Waals surface area contributed by atoms with E-state index in [4.69, 9.17) is 0 Å². The molecule has 0 saturated carbocycles. The molecule has 0 bridgehead atoms. The molecule has 1 aliphatic heterocycles. The maximum Gasteiger partial charge on any atom is 0.273 e. The number of rotatable bonds is 7. The van der Waals surface area contributed by atoms with Gasteiger partial charge in [-0.05, 0) is 24.8 Å². The molecule has 0 spiro atoms. The summed E-state index contributed by atoms with van der Waals surface area (Å²) in [6.07, 6.45) is 3.84. The third-order valence-corrected chi connectivity index (χ3v) is 4.80. The summed E-state index contributed by atoms with van der Waals surface area (Å²) in [5.41, 5.74) is 0.776. The summed E-state index contributed by atoms with van der Waals surface area (Å²) in [6.45, 7) is 5.56. The summed E-state index contributed by atoms with van der Waals surface area (Å²) >= 11 is 0. The van der Waals surface area contributed by atoms with E-state index in [9.17, 15) is 9.90 Å². The minimum absolute atomic E-state index is 0.220. The van der Waals surface area contributed by atoms with Gasteiger partial charge in [-0.15, -0.1) is 5.10 Å². The lowest BCUT2D eigenvalue weighted by Crippen LogP contribution is -2.46. The lowest BCUT2D eigenvalue weighted by atomic mass is 9.91. The number of piperidine rings is 1. The van der Waals surface area contributed by atoms with E-state index in [1.54, 1.807) is 10.9 Å². The second kappa shape index (κ2) is 8.42. The van der Waals surface area contributed by atoms with Crippen molar-refractivity contribution in [1.82, 2.24) is 25.2 Å². The molecule has 2 aromatic rings. The third-order valence-electron chi connectivity index (χ3n) is 4.80. The number of amides is 1.